The van der Waals surface area contributed by atoms with Gasteiger partial charge in [-0.1, -0.05) is 12.1 Å². The molecule has 0 aliphatic heterocycles. The standard InChI is InChI=1S/C18H19F3N2O3/c1-23(12-13-6-8-14(9-7-13)18(19,20)21)16(24)5-2-10-22-17(25)15-4-3-11-26-15/h3-4,6-9,11H,2,5,10,12H2,1H3,(H,22,25). The van der Waals surface area contributed by atoms with Gasteiger partial charge in [0.05, 0.1) is 11.8 Å². The minimum atomic E-state index is -4.37. The van der Waals surface area contributed by atoms with Gasteiger partial charge in [-0.15, -0.1) is 0 Å². The van der Waals surface area contributed by atoms with E-state index in [0.29, 0.717) is 18.5 Å². The lowest BCUT2D eigenvalue weighted by Gasteiger charge is -2.18. The number of alkyl halides is 3. The number of hydrogen-bond donors (Lipinski definition) is 1. The van der Waals surface area contributed by atoms with Crippen LogP contribution in [0.2, 0.25) is 0 Å². The maximum absolute atomic E-state index is 12.5. The van der Waals surface area contributed by atoms with Crippen molar-refractivity contribution in [3.05, 3.63) is 59.5 Å². The van der Waals surface area contributed by atoms with Crippen molar-refractivity contribution in [3.8, 4) is 0 Å². The normalized spacial score (nSPS) is 11.2. The number of nitrogens with zero attached hydrogens (tertiary/aromatic N) is 1. The highest BCUT2D eigenvalue weighted by atomic mass is 19.4. The monoisotopic (exact) mass is 368 g/mol. The molecule has 0 atom stereocenters. The zero-order valence-electron chi connectivity index (χ0n) is 14.2. The summed E-state index contributed by atoms with van der Waals surface area (Å²) in [4.78, 5) is 25.1. The first-order valence-corrected chi connectivity index (χ1v) is 7.99. The molecule has 0 bridgehead atoms. The summed E-state index contributed by atoms with van der Waals surface area (Å²) in [6, 6.07) is 7.86. The van der Waals surface area contributed by atoms with Crippen molar-refractivity contribution in [1.29, 1.82) is 0 Å². The van der Waals surface area contributed by atoms with E-state index >= 15 is 0 Å². The topological polar surface area (TPSA) is 62.6 Å². The zero-order chi connectivity index (χ0) is 19.2. The molecule has 0 radical (unpaired) electrons. The molecular weight excluding hydrogens is 349 g/mol. The molecule has 1 heterocycles. The van der Waals surface area contributed by atoms with E-state index in [1.165, 1.54) is 23.3 Å². The van der Waals surface area contributed by atoms with E-state index in [-0.39, 0.29) is 30.5 Å². The summed E-state index contributed by atoms with van der Waals surface area (Å²) < 4.78 is 42.5. The number of furan rings is 1. The molecule has 0 fully saturated rings. The van der Waals surface area contributed by atoms with Gasteiger partial charge in [0, 0.05) is 26.6 Å². The molecule has 2 aromatic rings. The first-order chi connectivity index (χ1) is 12.3. The van der Waals surface area contributed by atoms with Crippen LogP contribution in [0.5, 0.6) is 0 Å². The van der Waals surface area contributed by atoms with Gasteiger partial charge in [0.25, 0.3) is 5.91 Å². The molecule has 2 amide bonds. The van der Waals surface area contributed by atoms with Crippen molar-refractivity contribution in [1.82, 2.24) is 10.2 Å². The van der Waals surface area contributed by atoms with Gasteiger partial charge < -0.3 is 14.6 Å². The molecule has 26 heavy (non-hydrogen) atoms. The lowest BCUT2D eigenvalue weighted by Crippen LogP contribution is -2.28. The largest absolute Gasteiger partial charge is 0.459 e. The van der Waals surface area contributed by atoms with E-state index in [9.17, 15) is 22.8 Å². The second kappa shape index (κ2) is 8.55. The summed E-state index contributed by atoms with van der Waals surface area (Å²) in [5.74, 6) is -0.298. The van der Waals surface area contributed by atoms with Crippen LogP contribution < -0.4 is 5.32 Å². The van der Waals surface area contributed by atoms with Crippen molar-refractivity contribution in [2.24, 2.45) is 0 Å². The quantitative estimate of drug-likeness (QED) is 0.762. The lowest BCUT2D eigenvalue weighted by molar-refractivity contribution is -0.137. The molecule has 8 heteroatoms. The van der Waals surface area contributed by atoms with Crippen LogP contribution in [-0.4, -0.2) is 30.3 Å². The molecule has 0 spiro atoms. The highest BCUT2D eigenvalue weighted by Gasteiger charge is 2.29. The Morgan fingerprint density at radius 3 is 2.42 bits per heavy atom. The molecule has 0 saturated heterocycles. The summed E-state index contributed by atoms with van der Waals surface area (Å²) in [5.41, 5.74) is -0.109. The van der Waals surface area contributed by atoms with Gasteiger partial charge in [0.15, 0.2) is 5.76 Å². The fourth-order valence-electron chi connectivity index (χ4n) is 2.29. The van der Waals surface area contributed by atoms with Crippen LogP contribution in [0.15, 0.2) is 47.1 Å². The van der Waals surface area contributed by atoms with Crippen molar-refractivity contribution in [2.75, 3.05) is 13.6 Å². The lowest BCUT2D eigenvalue weighted by atomic mass is 10.1. The molecular formula is C18H19F3N2O3. The molecule has 2 rings (SSSR count). The highest BCUT2D eigenvalue weighted by molar-refractivity contribution is 5.91. The average molecular weight is 368 g/mol. The smallest absolute Gasteiger partial charge is 0.416 e. The number of halogens is 3. The Hall–Kier alpha value is -2.77. The van der Waals surface area contributed by atoms with Crippen molar-refractivity contribution in [3.63, 3.8) is 0 Å². The molecule has 0 unspecified atom stereocenters. The second-order valence-corrected chi connectivity index (χ2v) is 5.78. The van der Waals surface area contributed by atoms with E-state index in [1.807, 2.05) is 0 Å². The van der Waals surface area contributed by atoms with Gasteiger partial charge in [0.1, 0.15) is 0 Å². The average Bonchev–Trinajstić information content (AvgIpc) is 3.12. The Morgan fingerprint density at radius 1 is 1.15 bits per heavy atom. The van der Waals surface area contributed by atoms with Crippen LogP contribution >= 0.6 is 0 Å². The Balaban J connectivity index is 1.72. The third-order valence-corrected chi connectivity index (χ3v) is 3.72. The summed E-state index contributed by atoms with van der Waals surface area (Å²) >= 11 is 0. The number of carbonyl (C=O) groups excluding carboxylic acids is 2. The number of nitrogens with one attached hydrogen (secondary N) is 1. The van der Waals surface area contributed by atoms with Crippen LogP contribution in [0.3, 0.4) is 0 Å². The Labute approximate surface area is 148 Å². The van der Waals surface area contributed by atoms with Crippen molar-refractivity contribution in [2.45, 2.75) is 25.6 Å². The molecule has 0 aliphatic rings. The van der Waals surface area contributed by atoms with Gasteiger partial charge in [0.2, 0.25) is 5.91 Å². The summed E-state index contributed by atoms with van der Waals surface area (Å²) in [7, 11) is 1.58. The third kappa shape index (κ3) is 5.65. The van der Waals surface area contributed by atoms with Gasteiger partial charge >= 0.3 is 6.18 Å². The zero-order valence-corrected chi connectivity index (χ0v) is 14.2. The van der Waals surface area contributed by atoms with E-state index in [2.05, 4.69) is 5.32 Å². The molecule has 0 saturated carbocycles. The van der Waals surface area contributed by atoms with Crippen molar-refractivity contribution >= 4 is 11.8 Å². The number of benzene rings is 1. The van der Waals surface area contributed by atoms with E-state index in [1.54, 1.807) is 19.2 Å². The van der Waals surface area contributed by atoms with Crippen LogP contribution in [-0.2, 0) is 17.5 Å². The van der Waals surface area contributed by atoms with E-state index in [4.69, 9.17) is 4.42 Å². The second-order valence-electron chi connectivity index (χ2n) is 5.78. The Kier molecular flexibility index (Phi) is 6.43. The maximum Gasteiger partial charge on any atom is 0.416 e. The SMILES string of the molecule is CN(Cc1ccc(C(F)(F)F)cc1)C(=O)CCCNC(=O)c1ccco1. The summed E-state index contributed by atoms with van der Waals surface area (Å²) in [6.07, 6.45) is -2.31. The van der Waals surface area contributed by atoms with Gasteiger partial charge in [-0.25, -0.2) is 0 Å². The fourth-order valence-corrected chi connectivity index (χ4v) is 2.29. The Morgan fingerprint density at radius 2 is 1.85 bits per heavy atom. The molecule has 1 aromatic carbocycles. The van der Waals surface area contributed by atoms with Gasteiger partial charge in [-0.3, -0.25) is 9.59 Å². The Bertz CT molecular complexity index is 725. The molecule has 1 aromatic heterocycles. The van der Waals surface area contributed by atoms with Crippen LogP contribution in [0.1, 0.15) is 34.5 Å². The number of hydrogen-bond acceptors (Lipinski definition) is 3. The highest BCUT2D eigenvalue weighted by Crippen LogP contribution is 2.29. The van der Waals surface area contributed by atoms with Gasteiger partial charge in [-0.05, 0) is 36.2 Å². The van der Waals surface area contributed by atoms with Crippen LogP contribution in [0.25, 0.3) is 0 Å². The summed E-state index contributed by atoms with van der Waals surface area (Å²) in [5, 5.41) is 2.64. The number of rotatable bonds is 7. The first-order valence-electron chi connectivity index (χ1n) is 7.99. The predicted molar refractivity (Wildman–Crippen MR) is 88.2 cm³/mol. The fraction of sp³-hybridized carbons (Fsp3) is 0.333. The van der Waals surface area contributed by atoms with Crippen LogP contribution in [0.4, 0.5) is 13.2 Å². The molecule has 140 valence electrons. The van der Waals surface area contributed by atoms with E-state index < -0.39 is 11.7 Å². The van der Waals surface area contributed by atoms with Crippen molar-refractivity contribution < 1.29 is 27.2 Å². The van der Waals surface area contributed by atoms with Crippen LogP contribution in [0, 0.1) is 0 Å². The minimum absolute atomic E-state index is 0.155. The number of amides is 2. The first kappa shape index (κ1) is 19.6. The van der Waals surface area contributed by atoms with E-state index in [0.717, 1.165) is 12.1 Å². The number of carbonyl (C=O) groups is 2. The minimum Gasteiger partial charge on any atom is -0.459 e. The molecule has 0 aliphatic carbocycles. The predicted octanol–water partition coefficient (Wildman–Crippen LogP) is 3.47. The molecule has 1 N–H and O–H groups in total. The maximum atomic E-state index is 12.5. The summed E-state index contributed by atoms with van der Waals surface area (Å²) in [6.45, 7) is 0.537. The molecule has 5 nitrogen and oxygen atoms in total. The third-order valence-electron chi connectivity index (χ3n) is 3.72. The van der Waals surface area contributed by atoms with Gasteiger partial charge in [-0.2, -0.15) is 13.2 Å².